The van der Waals surface area contributed by atoms with E-state index in [1.54, 1.807) is 11.9 Å². The van der Waals surface area contributed by atoms with Crippen LogP contribution in [0.2, 0.25) is 0 Å². The summed E-state index contributed by atoms with van der Waals surface area (Å²) in [7, 11) is 1.79. The molecule has 1 aromatic heterocycles. The molecule has 4 aliphatic rings. The number of furan rings is 1. The molecule has 0 N–H and O–H groups in total. The molecule has 0 aromatic carbocycles. The minimum Gasteiger partial charge on any atom is -0.395 e. The van der Waals surface area contributed by atoms with Gasteiger partial charge in [0, 0.05) is 13.6 Å². The van der Waals surface area contributed by atoms with Gasteiger partial charge >= 0.3 is 5.88 Å². The van der Waals surface area contributed by atoms with Crippen LogP contribution in [-0.4, -0.2) is 29.3 Å². The first kappa shape index (κ1) is 14.7. The lowest BCUT2D eigenvalue weighted by Gasteiger charge is -2.57. The van der Waals surface area contributed by atoms with Crippen LogP contribution in [0.3, 0.4) is 0 Å². The molecular weight excluding hydrogens is 296 g/mol. The molecule has 4 aliphatic carbocycles. The van der Waals surface area contributed by atoms with Crippen molar-refractivity contribution in [2.24, 2.45) is 23.2 Å². The molecule has 4 saturated carbocycles. The van der Waals surface area contributed by atoms with Gasteiger partial charge in [0.15, 0.2) is 5.76 Å². The summed E-state index contributed by atoms with van der Waals surface area (Å²) in [4.78, 5) is 24.3. The molecule has 0 spiro atoms. The van der Waals surface area contributed by atoms with Crippen LogP contribution in [0.5, 0.6) is 0 Å². The number of hydrogen-bond acceptors (Lipinski definition) is 4. The van der Waals surface area contributed by atoms with E-state index in [1.807, 2.05) is 0 Å². The molecule has 1 amide bonds. The average molecular weight is 318 g/mol. The molecule has 6 nitrogen and oxygen atoms in total. The largest absolute Gasteiger partial charge is 0.433 e. The van der Waals surface area contributed by atoms with E-state index in [1.165, 1.54) is 50.7 Å². The highest BCUT2D eigenvalue weighted by Crippen LogP contribution is 2.60. The van der Waals surface area contributed by atoms with Crippen molar-refractivity contribution in [3.63, 3.8) is 0 Å². The number of carbonyl (C=O) groups excluding carboxylic acids is 1. The van der Waals surface area contributed by atoms with Gasteiger partial charge < -0.3 is 9.32 Å². The minimum absolute atomic E-state index is 0.0592. The number of hydrogen-bond donors (Lipinski definition) is 0. The van der Waals surface area contributed by atoms with E-state index in [4.69, 9.17) is 4.42 Å². The third kappa shape index (κ3) is 2.54. The summed E-state index contributed by atoms with van der Waals surface area (Å²) in [6.45, 7) is 0.740. The van der Waals surface area contributed by atoms with Crippen LogP contribution in [0.1, 0.15) is 49.1 Å². The number of nitro groups is 1. The van der Waals surface area contributed by atoms with Gasteiger partial charge in [-0.1, -0.05) is 0 Å². The van der Waals surface area contributed by atoms with Gasteiger partial charge in [0.05, 0.1) is 6.07 Å². The predicted molar refractivity (Wildman–Crippen MR) is 82.9 cm³/mol. The van der Waals surface area contributed by atoms with Crippen LogP contribution < -0.4 is 0 Å². The van der Waals surface area contributed by atoms with Crippen LogP contribution in [0.25, 0.3) is 0 Å². The Labute approximate surface area is 135 Å². The summed E-state index contributed by atoms with van der Waals surface area (Å²) in [5.74, 6) is 1.95. The Balaban J connectivity index is 1.47. The van der Waals surface area contributed by atoms with Gasteiger partial charge in [-0.25, -0.2) is 0 Å². The van der Waals surface area contributed by atoms with Crippen LogP contribution in [0.15, 0.2) is 16.5 Å². The van der Waals surface area contributed by atoms with E-state index < -0.39 is 4.92 Å². The van der Waals surface area contributed by atoms with E-state index in [9.17, 15) is 14.9 Å². The quantitative estimate of drug-likeness (QED) is 0.629. The van der Waals surface area contributed by atoms with Crippen molar-refractivity contribution in [1.82, 2.24) is 4.90 Å². The molecule has 0 unspecified atom stereocenters. The molecule has 6 heteroatoms. The Kier molecular flexibility index (Phi) is 3.25. The highest BCUT2D eigenvalue weighted by molar-refractivity contribution is 5.91. The second kappa shape index (κ2) is 5.08. The Morgan fingerprint density at radius 2 is 1.83 bits per heavy atom. The molecule has 23 heavy (non-hydrogen) atoms. The zero-order valence-corrected chi connectivity index (χ0v) is 13.4. The van der Waals surface area contributed by atoms with E-state index in [-0.39, 0.29) is 23.0 Å². The molecule has 4 bridgehead atoms. The molecule has 0 saturated heterocycles. The highest BCUT2D eigenvalue weighted by Gasteiger charge is 2.51. The number of nitrogens with zero attached hydrogens (tertiary/aromatic N) is 2. The van der Waals surface area contributed by atoms with E-state index in [2.05, 4.69) is 0 Å². The number of rotatable bonds is 4. The van der Waals surface area contributed by atoms with Crippen LogP contribution in [-0.2, 0) is 0 Å². The maximum absolute atomic E-state index is 12.5. The topological polar surface area (TPSA) is 76.6 Å². The summed E-state index contributed by atoms with van der Waals surface area (Å²) in [5.41, 5.74) is 0.262. The van der Waals surface area contributed by atoms with Crippen molar-refractivity contribution in [2.75, 3.05) is 13.6 Å². The standard InChI is InChI=1S/C17H22N2O4/c1-18(16(20)14-2-3-15(23-14)19(21)22)10-17-7-11-4-12(8-17)6-13(5-11)9-17/h2-3,11-13H,4-10H2,1H3. The van der Waals surface area contributed by atoms with Gasteiger partial charge in [-0.3, -0.25) is 14.9 Å². The van der Waals surface area contributed by atoms with Crippen LogP contribution in [0.4, 0.5) is 5.88 Å². The van der Waals surface area contributed by atoms with Crippen LogP contribution in [0, 0.1) is 33.3 Å². The lowest BCUT2D eigenvalue weighted by molar-refractivity contribution is -0.402. The first-order valence-corrected chi connectivity index (χ1v) is 8.44. The predicted octanol–water partition coefficient (Wildman–Crippen LogP) is 3.48. The molecule has 0 radical (unpaired) electrons. The van der Waals surface area contributed by atoms with E-state index >= 15 is 0 Å². The van der Waals surface area contributed by atoms with Gasteiger partial charge in [0.2, 0.25) is 0 Å². The minimum atomic E-state index is -0.615. The summed E-state index contributed by atoms with van der Waals surface area (Å²) >= 11 is 0. The fraction of sp³-hybridized carbons (Fsp3) is 0.706. The molecule has 4 fully saturated rings. The lowest BCUT2D eigenvalue weighted by atomic mass is 9.49. The maximum atomic E-state index is 12.5. The van der Waals surface area contributed by atoms with Gasteiger partial charge in [-0.05, 0) is 67.8 Å². The van der Waals surface area contributed by atoms with E-state index in [0.717, 1.165) is 24.3 Å². The van der Waals surface area contributed by atoms with Crippen molar-refractivity contribution in [3.8, 4) is 0 Å². The smallest absolute Gasteiger partial charge is 0.395 e. The Hall–Kier alpha value is -1.85. The number of carbonyl (C=O) groups is 1. The Morgan fingerprint density at radius 1 is 1.26 bits per heavy atom. The average Bonchev–Trinajstić information content (AvgIpc) is 2.94. The Bertz CT molecular complexity index is 615. The van der Waals surface area contributed by atoms with Gasteiger partial charge in [0.25, 0.3) is 5.91 Å². The number of amides is 1. The second-order valence-electron chi connectivity index (χ2n) is 7.97. The summed E-state index contributed by atoms with van der Waals surface area (Å²) in [6.07, 6.45) is 7.82. The van der Waals surface area contributed by atoms with Crippen molar-refractivity contribution >= 4 is 11.8 Å². The molecule has 5 rings (SSSR count). The fourth-order valence-corrected chi connectivity index (χ4v) is 5.79. The Morgan fingerprint density at radius 3 is 2.30 bits per heavy atom. The third-order valence-corrected chi connectivity index (χ3v) is 6.07. The molecule has 0 aliphatic heterocycles. The van der Waals surface area contributed by atoms with Crippen LogP contribution >= 0.6 is 0 Å². The zero-order valence-electron chi connectivity index (χ0n) is 13.4. The van der Waals surface area contributed by atoms with Crippen molar-refractivity contribution in [3.05, 3.63) is 28.0 Å². The van der Waals surface area contributed by atoms with Crippen molar-refractivity contribution in [1.29, 1.82) is 0 Å². The zero-order chi connectivity index (χ0) is 16.2. The first-order chi connectivity index (χ1) is 10.9. The van der Waals surface area contributed by atoms with E-state index in [0.29, 0.717) is 0 Å². The van der Waals surface area contributed by atoms with Crippen molar-refractivity contribution in [2.45, 2.75) is 38.5 Å². The highest BCUT2D eigenvalue weighted by atomic mass is 16.6. The molecule has 124 valence electrons. The molecule has 0 atom stereocenters. The summed E-state index contributed by atoms with van der Waals surface area (Å²) in [5, 5.41) is 10.7. The third-order valence-electron chi connectivity index (χ3n) is 6.07. The normalized spacial score (nSPS) is 34.6. The maximum Gasteiger partial charge on any atom is 0.433 e. The fourth-order valence-electron chi connectivity index (χ4n) is 5.79. The van der Waals surface area contributed by atoms with Gasteiger partial charge in [0.1, 0.15) is 4.92 Å². The lowest BCUT2D eigenvalue weighted by Crippen LogP contribution is -2.51. The monoisotopic (exact) mass is 318 g/mol. The SMILES string of the molecule is CN(CC12CC3CC(CC(C3)C1)C2)C(=O)c1ccc([N+](=O)[O-])o1. The summed E-state index contributed by atoms with van der Waals surface area (Å²) < 4.78 is 5.06. The molecular formula is C17H22N2O4. The first-order valence-electron chi connectivity index (χ1n) is 8.44. The second-order valence-corrected chi connectivity index (χ2v) is 7.97. The molecule has 1 heterocycles. The molecule has 1 aromatic rings. The van der Waals surface area contributed by atoms with Gasteiger partial charge in [-0.2, -0.15) is 0 Å². The van der Waals surface area contributed by atoms with Crippen molar-refractivity contribution < 1.29 is 14.1 Å². The van der Waals surface area contributed by atoms with Gasteiger partial charge in [-0.15, -0.1) is 0 Å². The summed E-state index contributed by atoms with van der Waals surface area (Å²) in [6, 6.07) is 2.64.